The van der Waals surface area contributed by atoms with Gasteiger partial charge in [-0.3, -0.25) is 9.59 Å². The first-order valence-electron chi connectivity index (χ1n) is 6.60. The fourth-order valence-electron chi connectivity index (χ4n) is 2.46. The molecule has 0 aliphatic carbocycles. The van der Waals surface area contributed by atoms with Crippen LogP contribution in [0.5, 0.6) is 0 Å². The molecule has 1 aliphatic rings. The Hall–Kier alpha value is -1.36. The summed E-state index contributed by atoms with van der Waals surface area (Å²) in [5, 5.41) is 0.764. The quantitative estimate of drug-likeness (QED) is 0.776. The summed E-state index contributed by atoms with van der Waals surface area (Å²) in [6.45, 7) is 4.74. The molecule has 2 amide bonds. The molecule has 108 valence electrons. The highest BCUT2D eigenvalue weighted by atomic mass is 79.9. The molecule has 0 aromatic heterocycles. The molecule has 0 spiro atoms. The predicted molar refractivity (Wildman–Crippen MR) is 81.8 cm³/mol. The van der Waals surface area contributed by atoms with Crippen molar-refractivity contribution in [1.29, 1.82) is 0 Å². The summed E-state index contributed by atoms with van der Waals surface area (Å²) in [5.41, 5.74) is 0.952. The van der Waals surface area contributed by atoms with Gasteiger partial charge >= 0.3 is 0 Å². The van der Waals surface area contributed by atoms with Crippen molar-refractivity contribution >= 4 is 27.7 Å². The average Bonchev–Trinajstić information content (AvgIpc) is 2.44. The molecule has 1 saturated heterocycles. The van der Waals surface area contributed by atoms with Gasteiger partial charge in [0.05, 0.1) is 0 Å². The van der Waals surface area contributed by atoms with Gasteiger partial charge in [-0.2, -0.15) is 0 Å². The lowest BCUT2D eigenvalue weighted by Crippen LogP contribution is -2.63. The SMILES string of the molecule is CN1CCN(C(=O)c2ccc(CBr)cc2)C(C)(C)C1=O. The Kier molecular flexibility index (Phi) is 4.18. The van der Waals surface area contributed by atoms with E-state index < -0.39 is 5.54 Å². The van der Waals surface area contributed by atoms with Gasteiger partial charge in [-0.25, -0.2) is 0 Å². The summed E-state index contributed by atoms with van der Waals surface area (Å²) in [4.78, 5) is 28.2. The maximum atomic E-state index is 12.6. The number of nitrogens with zero attached hydrogens (tertiary/aromatic N) is 2. The minimum atomic E-state index is -0.793. The van der Waals surface area contributed by atoms with Gasteiger partial charge < -0.3 is 9.80 Å². The monoisotopic (exact) mass is 338 g/mol. The minimum Gasteiger partial charge on any atom is -0.342 e. The number of hydrogen-bond acceptors (Lipinski definition) is 2. The summed E-state index contributed by atoms with van der Waals surface area (Å²) in [6.07, 6.45) is 0. The van der Waals surface area contributed by atoms with Gasteiger partial charge in [-0.1, -0.05) is 28.1 Å². The highest BCUT2D eigenvalue weighted by Gasteiger charge is 2.43. The Labute approximate surface area is 127 Å². The number of amides is 2. The van der Waals surface area contributed by atoms with Crippen LogP contribution in [-0.4, -0.2) is 47.3 Å². The topological polar surface area (TPSA) is 40.6 Å². The van der Waals surface area contributed by atoms with E-state index in [0.717, 1.165) is 10.9 Å². The van der Waals surface area contributed by atoms with Crippen LogP contribution in [0.2, 0.25) is 0 Å². The molecule has 1 aromatic carbocycles. The fourth-order valence-corrected chi connectivity index (χ4v) is 2.84. The van der Waals surface area contributed by atoms with Crippen LogP contribution in [0.25, 0.3) is 0 Å². The molecular formula is C15H19BrN2O2. The fraction of sp³-hybridized carbons (Fsp3) is 0.467. The highest BCUT2D eigenvalue weighted by Crippen LogP contribution is 2.24. The summed E-state index contributed by atoms with van der Waals surface area (Å²) in [6, 6.07) is 7.48. The lowest BCUT2D eigenvalue weighted by molar-refractivity contribution is -0.144. The van der Waals surface area contributed by atoms with Gasteiger partial charge in [0, 0.05) is 31.0 Å². The first kappa shape index (κ1) is 15.0. The molecule has 0 N–H and O–H groups in total. The number of alkyl halides is 1. The Morgan fingerprint density at radius 2 is 1.85 bits per heavy atom. The van der Waals surface area contributed by atoms with Gasteiger partial charge in [-0.15, -0.1) is 0 Å². The molecule has 0 unspecified atom stereocenters. The predicted octanol–water partition coefficient (Wildman–Crippen LogP) is 2.27. The maximum absolute atomic E-state index is 12.6. The van der Waals surface area contributed by atoms with Crippen molar-refractivity contribution in [2.24, 2.45) is 0 Å². The molecule has 1 fully saturated rings. The van der Waals surface area contributed by atoms with Crippen LogP contribution in [0.3, 0.4) is 0 Å². The Morgan fingerprint density at radius 3 is 2.40 bits per heavy atom. The third-order valence-electron chi connectivity index (χ3n) is 3.80. The number of likely N-dealkylation sites (N-methyl/N-ethyl adjacent to an activating group) is 1. The Bertz CT molecular complexity index is 525. The zero-order valence-corrected chi connectivity index (χ0v) is 13.6. The van der Waals surface area contributed by atoms with Crippen molar-refractivity contribution in [2.45, 2.75) is 24.7 Å². The summed E-state index contributed by atoms with van der Waals surface area (Å²) < 4.78 is 0. The highest BCUT2D eigenvalue weighted by molar-refractivity contribution is 9.08. The Balaban J connectivity index is 2.25. The molecule has 1 aromatic rings. The van der Waals surface area contributed by atoms with Crippen molar-refractivity contribution < 1.29 is 9.59 Å². The van der Waals surface area contributed by atoms with E-state index in [0.29, 0.717) is 18.7 Å². The zero-order chi connectivity index (χ0) is 14.9. The van der Waals surface area contributed by atoms with Crippen LogP contribution in [0.1, 0.15) is 29.8 Å². The maximum Gasteiger partial charge on any atom is 0.254 e. The number of halogens is 1. The Morgan fingerprint density at radius 1 is 1.25 bits per heavy atom. The zero-order valence-electron chi connectivity index (χ0n) is 12.0. The lowest BCUT2D eigenvalue weighted by atomic mass is 9.96. The minimum absolute atomic E-state index is 0.0193. The van der Waals surface area contributed by atoms with Crippen LogP contribution < -0.4 is 0 Å². The number of carbonyl (C=O) groups excluding carboxylic acids is 2. The van der Waals surface area contributed by atoms with Crippen molar-refractivity contribution in [3.05, 3.63) is 35.4 Å². The normalized spacial score (nSPS) is 18.3. The third kappa shape index (κ3) is 2.59. The first-order valence-corrected chi connectivity index (χ1v) is 7.72. The molecule has 20 heavy (non-hydrogen) atoms. The van der Waals surface area contributed by atoms with E-state index in [9.17, 15) is 9.59 Å². The second-order valence-corrected chi connectivity index (χ2v) is 6.13. The number of hydrogen-bond donors (Lipinski definition) is 0. The van der Waals surface area contributed by atoms with E-state index in [4.69, 9.17) is 0 Å². The van der Waals surface area contributed by atoms with Crippen molar-refractivity contribution in [1.82, 2.24) is 9.80 Å². The van der Waals surface area contributed by atoms with E-state index in [1.165, 1.54) is 0 Å². The number of rotatable bonds is 2. The number of carbonyl (C=O) groups is 2. The largest absolute Gasteiger partial charge is 0.342 e. The van der Waals surface area contributed by atoms with Crippen LogP contribution in [0.15, 0.2) is 24.3 Å². The third-order valence-corrected chi connectivity index (χ3v) is 4.45. The van der Waals surface area contributed by atoms with Crippen LogP contribution in [0, 0.1) is 0 Å². The van der Waals surface area contributed by atoms with E-state index in [2.05, 4.69) is 15.9 Å². The van der Waals surface area contributed by atoms with E-state index in [-0.39, 0.29) is 11.8 Å². The van der Waals surface area contributed by atoms with Gasteiger partial charge in [-0.05, 0) is 31.5 Å². The number of benzene rings is 1. The summed E-state index contributed by atoms with van der Waals surface area (Å²) in [7, 11) is 1.77. The van der Waals surface area contributed by atoms with Crippen molar-refractivity contribution in [3.63, 3.8) is 0 Å². The summed E-state index contributed by atoms with van der Waals surface area (Å²) in [5.74, 6) is -0.105. The molecule has 0 atom stereocenters. The molecule has 4 nitrogen and oxygen atoms in total. The molecule has 0 bridgehead atoms. The van der Waals surface area contributed by atoms with Gasteiger partial charge in [0.25, 0.3) is 5.91 Å². The van der Waals surface area contributed by atoms with E-state index in [1.54, 1.807) is 30.7 Å². The van der Waals surface area contributed by atoms with Gasteiger partial charge in [0.2, 0.25) is 5.91 Å². The molecule has 1 heterocycles. The van der Waals surface area contributed by atoms with Crippen LogP contribution in [0.4, 0.5) is 0 Å². The van der Waals surface area contributed by atoms with Gasteiger partial charge in [0.1, 0.15) is 5.54 Å². The molecule has 1 aliphatic heterocycles. The van der Waals surface area contributed by atoms with E-state index >= 15 is 0 Å². The average molecular weight is 339 g/mol. The second-order valence-electron chi connectivity index (χ2n) is 5.57. The molecule has 0 radical (unpaired) electrons. The molecule has 2 rings (SSSR count). The van der Waals surface area contributed by atoms with Crippen molar-refractivity contribution in [3.8, 4) is 0 Å². The summed E-state index contributed by atoms with van der Waals surface area (Å²) >= 11 is 3.38. The smallest absolute Gasteiger partial charge is 0.254 e. The van der Waals surface area contributed by atoms with Crippen molar-refractivity contribution in [2.75, 3.05) is 20.1 Å². The molecule has 5 heteroatoms. The van der Waals surface area contributed by atoms with Crippen LogP contribution >= 0.6 is 15.9 Å². The molecular weight excluding hydrogens is 320 g/mol. The van der Waals surface area contributed by atoms with E-state index in [1.807, 2.05) is 24.3 Å². The standard InChI is InChI=1S/C15H19BrN2O2/c1-15(2)14(20)17(3)8-9-18(15)13(19)12-6-4-11(10-16)5-7-12/h4-7H,8-10H2,1-3H3. The lowest BCUT2D eigenvalue weighted by Gasteiger charge is -2.44. The second kappa shape index (κ2) is 5.56. The number of piperazine rings is 1. The van der Waals surface area contributed by atoms with Gasteiger partial charge in [0.15, 0.2) is 0 Å². The molecule has 0 saturated carbocycles. The van der Waals surface area contributed by atoms with Crippen LogP contribution in [-0.2, 0) is 10.1 Å². The first-order chi connectivity index (χ1) is 9.37.